The van der Waals surface area contributed by atoms with Crippen molar-refractivity contribution < 1.29 is 9.59 Å². The second-order valence-electron chi connectivity index (χ2n) is 8.87. The number of carbonyl (C=O) groups is 2. The molecule has 2 aromatic carbocycles. The van der Waals surface area contributed by atoms with Gasteiger partial charge < -0.3 is 9.80 Å². The molecule has 1 saturated heterocycles. The van der Waals surface area contributed by atoms with Gasteiger partial charge in [-0.2, -0.15) is 0 Å². The fourth-order valence-electron chi connectivity index (χ4n) is 4.56. The number of benzene rings is 2. The van der Waals surface area contributed by atoms with Gasteiger partial charge in [0.2, 0.25) is 0 Å². The van der Waals surface area contributed by atoms with Crippen molar-refractivity contribution in [3.05, 3.63) is 77.6 Å². The summed E-state index contributed by atoms with van der Waals surface area (Å²) in [4.78, 5) is 33.9. The highest BCUT2D eigenvalue weighted by molar-refractivity contribution is 5.94. The van der Waals surface area contributed by atoms with Crippen LogP contribution in [0.1, 0.15) is 41.3 Å². The lowest BCUT2D eigenvalue weighted by Gasteiger charge is -2.32. The van der Waals surface area contributed by atoms with Crippen molar-refractivity contribution in [1.82, 2.24) is 14.8 Å². The lowest BCUT2D eigenvalue weighted by molar-refractivity contribution is -0.119. The second kappa shape index (κ2) is 9.21. The molecule has 0 bridgehead atoms. The Morgan fingerprint density at radius 1 is 0.969 bits per heavy atom. The summed E-state index contributed by atoms with van der Waals surface area (Å²) < 4.78 is 0. The molecular weight excluding hydrogens is 398 g/mol. The van der Waals surface area contributed by atoms with Gasteiger partial charge in [-0.25, -0.2) is 0 Å². The Morgan fingerprint density at radius 3 is 2.47 bits per heavy atom. The Bertz CT molecular complexity index is 1120. The van der Waals surface area contributed by atoms with Crippen LogP contribution in [-0.2, 0) is 11.2 Å². The van der Waals surface area contributed by atoms with Gasteiger partial charge in [0.1, 0.15) is 5.78 Å². The number of nitrogens with zero attached hydrogens (tertiary/aromatic N) is 3. The molecule has 2 atom stereocenters. The van der Waals surface area contributed by atoms with Crippen LogP contribution in [0.5, 0.6) is 0 Å². The maximum atomic E-state index is 12.8. The number of amides is 1. The first-order valence-electron chi connectivity index (χ1n) is 11.0. The summed E-state index contributed by atoms with van der Waals surface area (Å²) in [5.74, 6) is 0.780. The Kier molecular flexibility index (Phi) is 6.38. The second-order valence-corrected chi connectivity index (χ2v) is 8.87. The largest absolute Gasteiger partial charge is 0.336 e. The number of hydrogen-bond acceptors (Lipinski definition) is 4. The molecule has 1 amide bonds. The highest BCUT2D eigenvalue weighted by atomic mass is 16.2. The number of ketones is 1. The van der Waals surface area contributed by atoms with E-state index in [2.05, 4.69) is 23.0 Å². The molecule has 0 unspecified atom stereocenters. The zero-order valence-corrected chi connectivity index (χ0v) is 17.8. The molecule has 2 aliphatic rings. The summed E-state index contributed by atoms with van der Waals surface area (Å²) >= 11 is 0. The summed E-state index contributed by atoms with van der Waals surface area (Å²) in [6.07, 6.45) is 5.00. The van der Waals surface area contributed by atoms with E-state index in [0.29, 0.717) is 12.2 Å². The van der Waals surface area contributed by atoms with Gasteiger partial charge in [0.05, 0.1) is 0 Å². The van der Waals surface area contributed by atoms with Gasteiger partial charge in [-0.15, -0.1) is 0 Å². The highest BCUT2D eigenvalue weighted by Gasteiger charge is 2.43. The van der Waals surface area contributed by atoms with Crippen LogP contribution in [0, 0.1) is 5.92 Å². The van der Waals surface area contributed by atoms with Crippen LogP contribution in [0.15, 0.2) is 60.9 Å². The molecule has 166 valence electrons. The number of aromatic nitrogens is 1. The number of rotatable bonds is 5. The predicted octanol–water partition coefficient (Wildman–Crippen LogP) is 4.17. The molecule has 0 radical (unpaired) electrons. The van der Waals surface area contributed by atoms with E-state index in [1.54, 1.807) is 6.20 Å². The van der Waals surface area contributed by atoms with Crippen LogP contribution in [-0.4, -0.2) is 59.7 Å². The van der Waals surface area contributed by atoms with Crippen LogP contribution in [0.3, 0.4) is 0 Å². The first-order chi connectivity index (χ1) is 15.1. The molecule has 5 rings (SSSR count). The molecule has 1 aromatic heterocycles. The number of piperazine rings is 1. The minimum atomic E-state index is 0. The van der Waals surface area contributed by atoms with E-state index >= 15 is 0 Å². The van der Waals surface area contributed by atoms with Crippen LogP contribution < -0.4 is 0 Å². The normalized spacial score (nSPS) is 20.6. The highest BCUT2D eigenvalue weighted by Crippen LogP contribution is 2.48. The van der Waals surface area contributed by atoms with Gasteiger partial charge in [-0.1, -0.05) is 37.8 Å². The number of fused-ring (bicyclic) bond motifs is 1. The molecule has 5 nitrogen and oxygen atoms in total. The number of hydrogen-bond donors (Lipinski definition) is 0. The Morgan fingerprint density at radius 2 is 1.72 bits per heavy atom. The third-order valence-electron chi connectivity index (χ3n) is 6.66. The standard InChI is InChI=1S/C26H27N3O2.CH4/c1-28-10-12-29(13-11-28)26(31)20-6-4-19(5-7-20)23-16-24(23)25(30)15-18-2-3-22-17-27-9-8-21(22)14-18;/h2-9,14,17,23-24H,10-13,15-16H2,1H3;1H4/t23-,24+;/m0./s1. The summed E-state index contributed by atoms with van der Waals surface area (Å²) in [5, 5.41) is 2.21. The third-order valence-corrected chi connectivity index (χ3v) is 6.66. The lowest BCUT2D eigenvalue weighted by atomic mass is 10.00. The van der Waals surface area contributed by atoms with Crippen molar-refractivity contribution in [2.24, 2.45) is 5.92 Å². The molecule has 2 fully saturated rings. The molecule has 2 heterocycles. The van der Waals surface area contributed by atoms with Crippen molar-refractivity contribution >= 4 is 22.5 Å². The van der Waals surface area contributed by atoms with E-state index in [1.165, 1.54) is 0 Å². The van der Waals surface area contributed by atoms with E-state index in [0.717, 1.165) is 60.1 Å². The summed E-state index contributed by atoms with van der Waals surface area (Å²) in [7, 11) is 2.08. The first-order valence-corrected chi connectivity index (χ1v) is 11.0. The van der Waals surface area contributed by atoms with Crippen molar-refractivity contribution in [2.75, 3.05) is 33.2 Å². The zero-order chi connectivity index (χ0) is 21.4. The fourth-order valence-corrected chi connectivity index (χ4v) is 4.56. The van der Waals surface area contributed by atoms with Gasteiger partial charge in [0, 0.05) is 61.9 Å². The summed E-state index contributed by atoms with van der Waals surface area (Å²) in [6, 6.07) is 16.0. The minimum absolute atomic E-state index is 0. The number of carbonyl (C=O) groups excluding carboxylic acids is 2. The quantitative estimate of drug-likeness (QED) is 0.611. The maximum Gasteiger partial charge on any atom is 0.253 e. The van der Waals surface area contributed by atoms with E-state index < -0.39 is 0 Å². The van der Waals surface area contributed by atoms with Crippen molar-refractivity contribution in [2.45, 2.75) is 26.2 Å². The Balaban J connectivity index is 0.00000245. The lowest BCUT2D eigenvalue weighted by Crippen LogP contribution is -2.47. The zero-order valence-electron chi connectivity index (χ0n) is 17.8. The molecule has 1 aliphatic heterocycles. The van der Waals surface area contributed by atoms with E-state index in [-0.39, 0.29) is 25.2 Å². The smallest absolute Gasteiger partial charge is 0.253 e. The monoisotopic (exact) mass is 429 g/mol. The van der Waals surface area contributed by atoms with Gasteiger partial charge in [0.25, 0.3) is 5.91 Å². The molecule has 0 spiro atoms. The predicted molar refractivity (Wildman–Crippen MR) is 128 cm³/mol. The van der Waals surface area contributed by atoms with Crippen molar-refractivity contribution in [1.29, 1.82) is 0 Å². The van der Waals surface area contributed by atoms with E-state index in [9.17, 15) is 9.59 Å². The van der Waals surface area contributed by atoms with Crippen LogP contribution in [0.25, 0.3) is 10.8 Å². The molecule has 5 heteroatoms. The molecular formula is C27H31N3O2. The molecule has 32 heavy (non-hydrogen) atoms. The van der Waals surface area contributed by atoms with Gasteiger partial charge in [-0.05, 0) is 54.1 Å². The number of pyridine rings is 1. The molecule has 1 saturated carbocycles. The number of likely N-dealkylation sites (N-methyl/N-ethyl adjacent to an activating group) is 1. The van der Waals surface area contributed by atoms with E-state index in [1.807, 2.05) is 53.6 Å². The maximum absolute atomic E-state index is 12.8. The van der Waals surface area contributed by atoms with Gasteiger partial charge in [0.15, 0.2) is 0 Å². The topological polar surface area (TPSA) is 53.5 Å². The SMILES string of the molecule is C.CN1CCN(C(=O)c2ccc([C@@H]3C[C@H]3C(=O)Cc3ccc4cnccc4c3)cc2)CC1. The molecule has 0 N–H and O–H groups in total. The summed E-state index contributed by atoms with van der Waals surface area (Å²) in [5.41, 5.74) is 2.96. The Hall–Kier alpha value is -3.05. The fraction of sp³-hybridized carbons (Fsp3) is 0.370. The van der Waals surface area contributed by atoms with Crippen LogP contribution >= 0.6 is 0 Å². The third kappa shape index (κ3) is 4.58. The van der Waals surface area contributed by atoms with Crippen LogP contribution in [0.4, 0.5) is 0 Å². The van der Waals surface area contributed by atoms with Crippen molar-refractivity contribution in [3.63, 3.8) is 0 Å². The Labute approximate surface area is 190 Å². The van der Waals surface area contributed by atoms with Gasteiger partial charge >= 0.3 is 0 Å². The average Bonchev–Trinajstić information content (AvgIpc) is 3.60. The molecule has 3 aromatic rings. The van der Waals surface area contributed by atoms with E-state index in [4.69, 9.17) is 0 Å². The van der Waals surface area contributed by atoms with Gasteiger partial charge in [-0.3, -0.25) is 14.6 Å². The molecule has 1 aliphatic carbocycles. The van der Waals surface area contributed by atoms with Crippen molar-refractivity contribution in [3.8, 4) is 0 Å². The first kappa shape index (κ1) is 22.2. The minimum Gasteiger partial charge on any atom is -0.336 e. The average molecular weight is 430 g/mol. The summed E-state index contributed by atoms with van der Waals surface area (Å²) in [6.45, 7) is 3.40. The number of Topliss-reactive ketones (excluding diaryl/α,β-unsaturated/α-hetero) is 1. The van der Waals surface area contributed by atoms with Crippen LogP contribution in [0.2, 0.25) is 0 Å².